The van der Waals surface area contributed by atoms with Gasteiger partial charge >= 0.3 is 6.18 Å². The second-order valence-electron chi connectivity index (χ2n) is 8.76. The number of halogens is 4. The molecule has 0 saturated heterocycles. The van der Waals surface area contributed by atoms with Crippen LogP contribution in [-0.2, 0) is 12.7 Å². The molecule has 7 nitrogen and oxygen atoms in total. The highest BCUT2D eigenvalue weighted by Gasteiger charge is 2.30. The van der Waals surface area contributed by atoms with Crippen LogP contribution in [0.4, 0.5) is 28.9 Å². The summed E-state index contributed by atoms with van der Waals surface area (Å²) in [4.78, 5) is 28.9. The molecule has 2 aromatic carbocycles. The fourth-order valence-electron chi connectivity index (χ4n) is 4.44. The minimum absolute atomic E-state index is 0.0248. The fourth-order valence-corrected chi connectivity index (χ4v) is 4.44. The van der Waals surface area contributed by atoms with Crippen LogP contribution in [0.3, 0.4) is 0 Å². The summed E-state index contributed by atoms with van der Waals surface area (Å²) in [5, 5.41) is 5.50. The maximum atomic E-state index is 14.2. The number of amides is 1. The molecule has 1 saturated carbocycles. The topological polar surface area (TPSA) is 95.6 Å². The summed E-state index contributed by atoms with van der Waals surface area (Å²) >= 11 is 0. The lowest BCUT2D eigenvalue weighted by molar-refractivity contribution is -0.137. The molecule has 1 fully saturated rings. The van der Waals surface area contributed by atoms with E-state index in [9.17, 15) is 22.4 Å². The van der Waals surface area contributed by atoms with Crippen molar-refractivity contribution in [2.45, 2.75) is 44.3 Å². The molecule has 186 valence electrons. The number of nitrogens with zero attached hydrogens (tertiary/aromatic N) is 3. The van der Waals surface area contributed by atoms with Crippen LogP contribution in [-0.4, -0.2) is 25.8 Å². The number of benzene rings is 2. The van der Waals surface area contributed by atoms with Gasteiger partial charge in [-0.1, -0.05) is 18.9 Å². The summed E-state index contributed by atoms with van der Waals surface area (Å²) in [6, 6.07) is 8.56. The average Bonchev–Trinajstić information content (AvgIpc) is 3.51. The van der Waals surface area contributed by atoms with E-state index in [-0.39, 0.29) is 23.6 Å². The molecule has 0 unspecified atom stereocenters. The van der Waals surface area contributed by atoms with Crippen LogP contribution >= 0.6 is 0 Å². The van der Waals surface area contributed by atoms with Crippen molar-refractivity contribution in [1.29, 1.82) is 0 Å². The van der Waals surface area contributed by atoms with Crippen molar-refractivity contribution in [2.24, 2.45) is 0 Å². The highest BCUT2D eigenvalue weighted by molar-refractivity contribution is 6.02. The summed E-state index contributed by atoms with van der Waals surface area (Å²) in [6.07, 6.45) is 1.12. The molecule has 1 aliphatic carbocycles. The van der Waals surface area contributed by atoms with Gasteiger partial charge in [0.2, 0.25) is 0 Å². The molecule has 0 bridgehead atoms. The van der Waals surface area contributed by atoms with E-state index in [2.05, 4.69) is 30.6 Å². The Hall–Kier alpha value is -4.02. The van der Waals surface area contributed by atoms with E-state index in [1.165, 1.54) is 24.5 Å². The predicted molar refractivity (Wildman–Crippen MR) is 125 cm³/mol. The molecule has 0 spiro atoms. The van der Waals surface area contributed by atoms with Crippen LogP contribution in [0.25, 0.3) is 11.2 Å². The van der Waals surface area contributed by atoms with Crippen LogP contribution in [0, 0.1) is 5.82 Å². The van der Waals surface area contributed by atoms with Crippen molar-refractivity contribution in [3.05, 3.63) is 77.3 Å². The van der Waals surface area contributed by atoms with Crippen LogP contribution in [0.15, 0.2) is 48.8 Å². The number of alkyl halides is 3. The summed E-state index contributed by atoms with van der Waals surface area (Å²) in [5.74, 6) is 0.0220. The Morgan fingerprint density at radius 1 is 1.06 bits per heavy atom. The van der Waals surface area contributed by atoms with Crippen molar-refractivity contribution >= 4 is 28.4 Å². The number of rotatable bonds is 6. The van der Waals surface area contributed by atoms with Gasteiger partial charge < -0.3 is 15.6 Å². The average molecular weight is 498 g/mol. The lowest BCUT2D eigenvalue weighted by Gasteiger charge is -2.12. The Bertz CT molecular complexity index is 1410. The largest absolute Gasteiger partial charge is 0.416 e. The number of fused-ring (bicyclic) bond motifs is 1. The van der Waals surface area contributed by atoms with Gasteiger partial charge in [-0.15, -0.1) is 0 Å². The zero-order valence-electron chi connectivity index (χ0n) is 19.0. The van der Waals surface area contributed by atoms with Crippen molar-refractivity contribution < 1.29 is 22.4 Å². The minimum Gasteiger partial charge on any atom is -0.355 e. The number of aromatic nitrogens is 4. The molecule has 2 heterocycles. The van der Waals surface area contributed by atoms with Gasteiger partial charge in [0.15, 0.2) is 11.3 Å². The summed E-state index contributed by atoms with van der Waals surface area (Å²) in [7, 11) is 0. The monoisotopic (exact) mass is 498 g/mol. The normalized spacial score (nSPS) is 14.3. The Labute approximate surface area is 203 Å². The molecule has 3 N–H and O–H groups in total. The van der Waals surface area contributed by atoms with E-state index in [1.54, 1.807) is 6.07 Å². The maximum Gasteiger partial charge on any atom is 0.416 e. The van der Waals surface area contributed by atoms with Crippen molar-refractivity contribution in [3.63, 3.8) is 0 Å². The Morgan fingerprint density at radius 2 is 1.86 bits per heavy atom. The second kappa shape index (κ2) is 9.56. The molecular formula is C25H22F4N6O. The predicted octanol–water partition coefficient (Wildman–Crippen LogP) is 5.84. The van der Waals surface area contributed by atoms with Crippen LogP contribution < -0.4 is 10.6 Å². The molecule has 36 heavy (non-hydrogen) atoms. The summed E-state index contributed by atoms with van der Waals surface area (Å²) < 4.78 is 53.2. The zero-order chi connectivity index (χ0) is 25.3. The lowest BCUT2D eigenvalue weighted by atomic mass is 10.1. The van der Waals surface area contributed by atoms with E-state index < -0.39 is 23.5 Å². The number of carbonyl (C=O) groups excluding carboxylic acids is 1. The molecule has 0 radical (unpaired) electrons. The third-order valence-corrected chi connectivity index (χ3v) is 6.15. The van der Waals surface area contributed by atoms with Crippen molar-refractivity contribution in [1.82, 2.24) is 25.3 Å². The summed E-state index contributed by atoms with van der Waals surface area (Å²) in [5.41, 5.74) is 1.000. The summed E-state index contributed by atoms with van der Waals surface area (Å²) in [6.45, 7) is -0.0248. The molecule has 1 amide bonds. The van der Waals surface area contributed by atoms with E-state index in [0.717, 1.165) is 49.7 Å². The first-order valence-electron chi connectivity index (χ1n) is 11.5. The van der Waals surface area contributed by atoms with Gasteiger partial charge in [-0.3, -0.25) is 4.79 Å². The van der Waals surface area contributed by atoms with Crippen LogP contribution in [0.2, 0.25) is 0 Å². The van der Waals surface area contributed by atoms with Gasteiger partial charge in [0.05, 0.1) is 5.56 Å². The number of aromatic amines is 1. The molecule has 11 heteroatoms. The first kappa shape index (κ1) is 23.7. The quantitative estimate of drug-likeness (QED) is 0.290. The lowest BCUT2D eigenvalue weighted by Crippen LogP contribution is -2.24. The highest BCUT2D eigenvalue weighted by atomic mass is 19.4. The molecular weight excluding hydrogens is 476 g/mol. The first-order chi connectivity index (χ1) is 17.3. The van der Waals surface area contributed by atoms with Gasteiger partial charge in [0.25, 0.3) is 5.91 Å². The van der Waals surface area contributed by atoms with Gasteiger partial charge in [-0.2, -0.15) is 13.2 Å². The number of carbonyl (C=O) groups is 1. The molecule has 4 aromatic rings. The van der Waals surface area contributed by atoms with Gasteiger partial charge in [-0.25, -0.2) is 19.3 Å². The maximum absolute atomic E-state index is 14.2. The fraction of sp³-hybridized carbons (Fsp3) is 0.280. The van der Waals surface area contributed by atoms with Crippen molar-refractivity contribution in [2.75, 3.05) is 5.32 Å². The molecule has 1 aliphatic rings. The van der Waals surface area contributed by atoms with E-state index in [0.29, 0.717) is 22.6 Å². The number of nitrogens with one attached hydrogen (secondary N) is 3. The van der Waals surface area contributed by atoms with Gasteiger partial charge in [0.1, 0.15) is 23.5 Å². The number of hydrogen-bond donors (Lipinski definition) is 3. The number of imidazole rings is 1. The van der Waals surface area contributed by atoms with E-state index in [1.807, 2.05) is 0 Å². The molecule has 2 aromatic heterocycles. The smallest absolute Gasteiger partial charge is 0.355 e. The highest BCUT2D eigenvalue weighted by Crippen LogP contribution is 2.34. The van der Waals surface area contributed by atoms with Gasteiger partial charge in [0, 0.05) is 23.8 Å². The zero-order valence-corrected chi connectivity index (χ0v) is 19.0. The van der Waals surface area contributed by atoms with Crippen molar-refractivity contribution in [3.8, 4) is 0 Å². The Balaban J connectivity index is 1.31. The third kappa shape index (κ3) is 5.14. The van der Waals surface area contributed by atoms with E-state index >= 15 is 0 Å². The van der Waals surface area contributed by atoms with E-state index in [4.69, 9.17) is 0 Å². The molecule has 0 aliphatic heterocycles. The van der Waals surface area contributed by atoms with Gasteiger partial charge in [-0.05, 0) is 54.8 Å². The first-order valence-corrected chi connectivity index (χ1v) is 11.5. The molecule has 0 atom stereocenters. The second-order valence-corrected chi connectivity index (χ2v) is 8.76. The number of H-pyrrole nitrogens is 1. The number of hydrogen-bond acceptors (Lipinski definition) is 5. The Kier molecular flexibility index (Phi) is 6.29. The third-order valence-electron chi connectivity index (χ3n) is 6.15. The SMILES string of the molecule is O=C(NCc1cc(F)cc(Nc2cccc(C(F)(F)F)c2)c1)c1ncnc2nc(C3CCCC3)[nH]c12. The van der Waals surface area contributed by atoms with Crippen LogP contribution in [0.1, 0.15) is 59.0 Å². The minimum atomic E-state index is -4.49. The molecule has 5 rings (SSSR count). The van der Waals surface area contributed by atoms with Crippen LogP contribution in [0.5, 0.6) is 0 Å². The Morgan fingerprint density at radius 3 is 2.64 bits per heavy atom. The number of anilines is 2. The standard InChI is InChI=1S/C25H22F4N6O/c26-17-8-14(9-19(11-17)33-18-7-3-6-16(10-18)25(27,28)29)12-30-24(36)21-20-23(32-13-31-21)35-22(34-20)15-4-1-2-5-15/h3,6-11,13,15,33H,1-2,4-5,12H2,(H,30,36)(H,31,32,34,35).